The minimum atomic E-state index is -4.86. The predicted molar refractivity (Wildman–Crippen MR) is 113 cm³/mol. The predicted octanol–water partition coefficient (Wildman–Crippen LogP) is 3.85. The number of rotatable bonds is 6. The van der Waals surface area contributed by atoms with Crippen LogP contribution >= 0.6 is 0 Å². The van der Waals surface area contributed by atoms with E-state index in [0.717, 1.165) is 29.0 Å². The maximum Gasteiger partial charge on any atom is 0.573 e. The van der Waals surface area contributed by atoms with Gasteiger partial charge in [0.05, 0.1) is 18.0 Å². The molecule has 1 heterocycles. The van der Waals surface area contributed by atoms with Crippen molar-refractivity contribution in [2.45, 2.75) is 31.7 Å². The van der Waals surface area contributed by atoms with Crippen LogP contribution in [0.4, 0.5) is 18.9 Å². The number of halogens is 3. The number of nitrogens with two attached hydrogens (primary N) is 1. The first kappa shape index (κ1) is 23.4. The van der Waals surface area contributed by atoms with Gasteiger partial charge in [0.25, 0.3) is 0 Å². The molecule has 2 aromatic carbocycles. The maximum atomic E-state index is 13.0. The highest BCUT2D eigenvalue weighted by atomic mass is 32.2. The van der Waals surface area contributed by atoms with Gasteiger partial charge in [-0.15, -0.1) is 13.2 Å². The van der Waals surface area contributed by atoms with E-state index in [-0.39, 0.29) is 35.4 Å². The first-order valence-electron chi connectivity index (χ1n) is 9.84. The number of alkyl halides is 3. The first-order valence-corrected chi connectivity index (χ1v) is 11.7. The van der Waals surface area contributed by atoms with Crippen LogP contribution < -0.4 is 14.9 Å². The number of hydrogen-bond acceptors (Lipinski definition) is 5. The van der Waals surface area contributed by atoms with Gasteiger partial charge in [-0.25, -0.2) is 13.4 Å². The summed E-state index contributed by atoms with van der Waals surface area (Å²) in [5.74, 6) is 5.86. The number of piperidine rings is 1. The summed E-state index contributed by atoms with van der Waals surface area (Å²) in [6.45, 7) is 0.679. The summed E-state index contributed by atoms with van der Waals surface area (Å²) < 4.78 is 68.1. The summed E-state index contributed by atoms with van der Waals surface area (Å²) in [5, 5.41) is 1.72. The molecule has 1 fully saturated rings. The van der Waals surface area contributed by atoms with Crippen LogP contribution in [0.25, 0.3) is 0 Å². The van der Waals surface area contributed by atoms with Crippen molar-refractivity contribution in [3.8, 4) is 5.75 Å². The third kappa shape index (κ3) is 5.90. The summed E-state index contributed by atoms with van der Waals surface area (Å²) in [6, 6.07) is 13.3. The van der Waals surface area contributed by atoms with E-state index in [0.29, 0.717) is 6.54 Å². The molecule has 0 aromatic heterocycles. The lowest BCUT2D eigenvalue weighted by molar-refractivity contribution is -0.274. The van der Waals surface area contributed by atoms with Gasteiger partial charge in [0, 0.05) is 13.6 Å². The van der Waals surface area contributed by atoms with Crippen LogP contribution in [-0.4, -0.2) is 39.6 Å². The summed E-state index contributed by atoms with van der Waals surface area (Å²) in [6.07, 6.45) is -1.99. The van der Waals surface area contributed by atoms with Crippen molar-refractivity contribution < 1.29 is 26.3 Å². The summed E-state index contributed by atoms with van der Waals surface area (Å²) in [5.41, 5.74) is 1.53. The second-order valence-electron chi connectivity index (χ2n) is 7.77. The average molecular weight is 458 g/mol. The normalized spacial score (nSPS) is 20.5. The van der Waals surface area contributed by atoms with Gasteiger partial charge in [-0.1, -0.05) is 30.3 Å². The molecule has 2 aromatic rings. The van der Waals surface area contributed by atoms with Crippen LogP contribution in [0, 0.1) is 5.92 Å². The second kappa shape index (κ2) is 9.05. The third-order valence-electron chi connectivity index (χ3n) is 5.55. The minimum Gasteiger partial charge on any atom is -0.406 e. The standard InChI is InChI=1S/C21H26F3N3O3S/c1-26(31(2,28)29)18-10-11-19(30-21(22,23)24)17(14-18)13-16-9-6-12-27(25)20(16)15-7-4-3-5-8-15/h3-5,7-8,10-11,14,16,20H,6,9,12-13,25H2,1-2H3/t16-,20+/m0/s1. The van der Waals surface area contributed by atoms with Crippen molar-refractivity contribution in [3.05, 3.63) is 59.7 Å². The molecule has 2 N–H and O–H groups in total. The molecule has 0 saturated carbocycles. The quantitative estimate of drug-likeness (QED) is 0.667. The van der Waals surface area contributed by atoms with Gasteiger partial charge in [0.1, 0.15) is 5.75 Å². The Kier molecular flexibility index (Phi) is 6.82. The Hall–Kier alpha value is -2.30. The van der Waals surface area contributed by atoms with Crippen molar-refractivity contribution in [2.75, 3.05) is 24.2 Å². The van der Waals surface area contributed by atoms with Gasteiger partial charge in [0.2, 0.25) is 10.0 Å². The van der Waals surface area contributed by atoms with Gasteiger partial charge < -0.3 is 4.74 Å². The zero-order valence-electron chi connectivity index (χ0n) is 17.3. The molecule has 10 heteroatoms. The van der Waals surface area contributed by atoms with Crippen LogP contribution in [-0.2, 0) is 16.4 Å². The largest absolute Gasteiger partial charge is 0.573 e. The van der Waals surface area contributed by atoms with Crippen LogP contribution in [0.2, 0.25) is 0 Å². The molecule has 0 radical (unpaired) electrons. The highest BCUT2D eigenvalue weighted by Gasteiger charge is 2.35. The second-order valence-corrected chi connectivity index (χ2v) is 9.78. The zero-order valence-corrected chi connectivity index (χ0v) is 18.2. The van der Waals surface area contributed by atoms with Crippen LogP contribution in [0.5, 0.6) is 5.75 Å². The Morgan fingerprint density at radius 2 is 1.87 bits per heavy atom. The smallest absolute Gasteiger partial charge is 0.406 e. The topological polar surface area (TPSA) is 75.9 Å². The van der Waals surface area contributed by atoms with E-state index in [1.165, 1.54) is 25.2 Å². The van der Waals surface area contributed by atoms with Crippen LogP contribution in [0.1, 0.15) is 30.0 Å². The van der Waals surface area contributed by atoms with Crippen LogP contribution in [0.15, 0.2) is 48.5 Å². The fourth-order valence-corrected chi connectivity index (χ4v) is 4.55. The fourth-order valence-electron chi connectivity index (χ4n) is 4.05. The van der Waals surface area contributed by atoms with E-state index in [4.69, 9.17) is 5.84 Å². The molecule has 0 unspecified atom stereocenters. The van der Waals surface area contributed by atoms with E-state index >= 15 is 0 Å². The lowest BCUT2D eigenvalue weighted by atomic mass is 9.81. The molecule has 1 aliphatic heterocycles. The molecular weight excluding hydrogens is 431 g/mol. The van der Waals surface area contributed by atoms with Crippen molar-refractivity contribution in [3.63, 3.8) is 0 Å². The molecule has 2 atom stereocenters. The highest BCUT2D eigenvalue weighted by molar-refractivity contribution is 7.92. The Morgan fingerprint density at radius 3 is 2.48 bits per heavy atom. The lowest BCUT2D eigenvalue weighted by Crippen LogP contribution is -2.44. The monoisotopic (exact) mass is 457 g/mol. The number of nitrogens with zero attached hydrogens (tertiary/aromatic N) is 2. The fraction of sp³-hybridized carbons (Fsp3) is 0.429. The Labute approximate surface area is 180 Å². The highest BCUT2D eigenvalue weighted by Crippen LogP contribution is 2.39. The number of hydrogen-bond donors (Lipinski definition) is 1. The average Bonchev–Trinajstić information content (AvgIpc) is 2.68. The van der Waals surface area contributed by atoms with E-state index < -0.39 is 16.4 Å². The third-order valence-corrected chi connectivity index (χ3v) is 6.75. The number of ether oxygens (including phenoxy) is 1. The lowest BCUT2D eigenvalue weighted by Gasteiger charge is -2.39. The van der Waals surface area contributed by atoms with Gasteiger partial charge in [0.15, 0.2) is 0 Å². The molecule has 0 aliphatic carbocycles. The minimum absolute atomic E-state index is 0.0736. The molecular formula is C21H26F3N3O3S. The van der Waals surface area contributed by atoms with Gasteiger partial charge in [-0.05, 0) is 54.5 Å². The van der Waals surface area contributed by atoms with Crippen molar-refractivity contribution >= 4 is 15.7 Å². The molecule has 0 spiro atoms. The van der Waals surface area contributed by atoms with E-state index in [9.17, 15) is 21.6 Å². The number of anilines is 1. The number of sulfonamides is 1. The SMILES string of the molecule is CN(c1ccc(OC(F)(F)F)c(C[C@@H]2CCCN(N)[C@@H]2c2ccccc2)c1)S(C)(=O)=O. The molecule has 0 bridgehead atoms. The zero-order chi connectivity index (χ0) is 22.8. The summed E-state index contributed by atoms with van der Waals surface area (Å²) in [7, 11) is -2.22. The first-order chi connectivity index (χ1) is 14.5. The maximum absolute atomic E-state index is 13.0. The van der Waals surface area contributed by atoms with Gasteiger partial charge in [-0.2, -0.15) is 0 Å². The van der Waals surface area contributed by atoms with Crippen LogP contribution in [0.3, 0.4) is 0 Å². The Bertz CT molecular complexity index is 1000. The molecule has 31 heavy (non-hydrogen) atoms. The van der Waals surface area contributed by atoms with Gasteiger partial charge >= 0.3 is 6.36 Å². The van der Waals surface area contributed by atoms with Crippen molar-refractivity contribution in [2.24, 2.45) is 11.8 Å². The molecule has 1 saturated heterocycles. The number of hydrazine groups is 1. The molecule has 0 amide bonds. The summed E-state index contributed by atoms with van der Waals surface area (Å²) >= 11 is 0. The number of benzene rings is 2. The van der Waals surface area contributed by atoms with Crippen molar-refractivity contribution in [1.82, 2.24) is 5.01 Å². The van der Waals surface area contributed by atoms with Gasteiger partial charge in [-0.3, -0.25) is 10.1 Å². The molecule has 6 nitrogen and oxygen atoms in total. The summed E-state index contributed by atoms with van der Waals surface area (Å²) in [4.78, 5) is 0. The molecule has 170 valence electrons. The van der Waals surface area contributed by atoms with E-state index in [2.05, 4.69) is 4.74 Å². The Balaban J connectivity index is 1.99. The van der Waals surface area contributed by atoms with E-state index in [1.54, 1.807) is 5.01 Å². The molecule has 1 aliphatic rings. The molecule has 3 rings (SSSR count). The van der Waals surface area contributed by atoms with Crippen molar-refractivity contribution in [1.29, 1.82) is 0 Å². The Morgan fingerprint density at radius 1 is 1.19 bits per heavy atom. The van der Waals surface area contributed by atoms with E-state index in [1.807, 2.05) is 30.3 Å².